The third-order valence-electron chi connectivity index (χ3n) is 4.21. The van der Waals surface area contributed by atoms with Gasteiger partial charge in [0.1, 0.15) is 18.2 Å². The van der Waals surface area contributed by atoms with Gasteiger partial charge in [-0.05, 0) is 51.3 Å². The molecule has 1 aromatic rings. The number of nitrogens with one attached hydrogen (secondary N) is 2. The van der Waals surface area contributed by atoms with Crippen molar-refractivity contribution in [3.63, 3.8) is 0 Å². The molecule has 28 heavy (non-hydrogen) atoms. The van der Waals surface area contributed by atoms with Crippen LogP contribution in [0.15, 0.2) is 24.3 Å². The van der Waals surface area contributed by atoms with Crippen LogP contribution in [0.2, 0.25) is 0 Å². The highest BCUT2D eigenvalue weighted by atomic mass is 16.6. The van der Waals surface area contributed by atoms with Gasteiger partial charge < -0.3 is 20.3 Å². The van der Waals surface area contributed by atoms with Crippen LogP contribution in [0, 0.1) is 11.3 Å². The molecule has 0 unspecified atom stereocenters. The molecule has 2 rings (SSSR count). The first-order valence-electron chi connectivity index (χ1n) is 9.22. The number of amides is 3. The van der Waals surface area contributed by atoms with E-state index in [1.165, 1.54) is 4.90 Å². The van der Waals surface area contributed by atoms with Crippen LogP contribution in [0.3, 0.4) is 0 Å². The Bertz CT molecular complexity index is 762. The second kappa shape index (κ2) is 9.22. The SMILES string of the molecule is CC(C)(C)OC(=O)NCC(=O)N1CCC[C@H]1C(=O)NCc1ccc(C#N)cc1. The lowest BCUT2D eigenvalue weighted by Crippen LogP contribution is -2.49. The first kappa shape index (κ1) is 21.2. The first-order valence-corrected chi connectivity index (χ1v) is 9.22. The fourth-order valence-corrected chi connectivity index (χ4v) is 2.91. The maximum absolute atomic E-state index is 12.5. The molecular formula is C20H26N4O4. The van der Waals surface area contributed by atoms with Crippen LogP contribution in [0.5, 0.6) is 0 Å². The largest absolute Gasteiger partial charge is 0.444 e. The lowest BCUT2D eigenvalue weighted by molar-refractivity contribution is -0.137. The van der Waals surface area contributed by atoms with E-state index in [0.717, 1.165) is 12.0 Å². The molecular weight excluding hydrogens is 360 g/mol. The summed E-state index contributed by atoms with van der Waals surface area (Å²) in [7, 11) is 0. The van der Waals surface area contributed by atoms with E-state index >= 15 is 0 Å². The lowest BCUT2D eigenvalue weighted by Gasteiger charge is -2.25. The van der Waals surface area contributed by atoms with Crippen molar-refractivity contribution in [2.75, 3.05) is 13.1 Å². The van der Waals surface area contributed by atoms with Crippen LogP contribution in [-0.4, -0.2) is 47.5 Å². The molecule has 0 radical (unpaired) electrons. The molecule has 0 aromatic heterocycles. The molecule has 1 aliphatic heterocycles. The highest BCUT2D eigenvalue weighted by molar-refractivity contribution is 5.90. The Balaban J connectivity index is 1.84. The summed E-state index contributed by atoms with van der Waals surface area (Å²) >= 11 is 0. The number of carbonyl (C=O) groups is 3. The lowest BCUT2D eigenvalue weighted by atomic mass is 10.1. The molecule has 2 N–H and O–H groups in total. The van der Waals surface area contributed by atoms with Crippen molar-refractivity contribution in [2.45, 2.75) is 51.8 Å². The average molecular weight is 386 g/mol. The van der Waals surface area contributed by atoms with E-state index in [1.807, 2.05) is 6.07 Å². The van der Waals surface area contributed by atoms with Gasteiger partial charge in [-0.15, -0.1) is 0 Å². The van der Waals surface area contributed by atoms with Crippen LogP contribution in [0.1, 0.15) is 44.7 Å². The van der Waals surface area contributed by atoms with Gasteiger partial charge in [0.25, 0.3) is 0 Å². The molecule has 150 valence electrons. The minimum Gasteiger partial charge on any atom is -0.444 e. The summed E-state index contributed by atoms with van der Waals surface area (Å²) in [6.07, 6.45) is 0.645. The van der Waals surface area contributed by atoms with Gasteiger partial charge in [-0.3, -0.25) is 9.59 Å². The van der Waals surface area contributed by atoms with E-state index in [1.54, 1.807) is 45.0 Å². The molecule has 0 spiro atoms. The Kier molecular flexibility index (Phi) is 6.99. The van der Waals surface area contributed by atoms with Crippen molar-refractivity contribution in [1.29, 1.82) is 5.26 Å². The molecule has 1 heterocycles. The summed E-state index contributed by atoms with van der Waals surface area (Å²) < 4.78 is 5.11. The maximum atomic E-state index is 12.5. The minimum absolute atomic E-state index is 0.214. The van der Waals surface area contributed by atoms with Gasteiger partial charge in [0, 0.05) is 13.1 Å². The minimum atomic E-state index is -0.665. The highest BCUT2D eigenvalue weighted by Gasteiger charge is 2.34. The number of nitriles is 1. The molecule has 0 bridgehead atoms. The second-order valence-electron chi connectivity index (χ2n) is 7.63. The third kappa shape index (κ3) is 6.27. The Hall–Kier alpha value is -3.08. The van der Waals surface area contributed by atoms with E-state index in [9.17, 15) is 14.4 Å². The fourth-order valence-electron chi connectivity index (χ4n) is 2.91. The number of ether oxygens (including phenoxy) is 1. The van der Waals surface area contributed by atoms with Crippen molar-refractivity contribution in [2.24, 2.45) is 0 Å². The van der Waals surface area contributed by atoms with Crippen LogP contribution in [0.4, 0.5) is 4.79 Å². The molecule has 1 aliphatic rings. The number of likely N-dealkylation sites (tertiary alicyclic amines) is 1. The van der Waals surface area contributed by atoms with Gasteiger partial charge >= 0.3 is 6.09 Å². The van der Waals surface area contributed by atoms with Crippen molar-refractivity contribution < 1.29 is 19.1 Å². The molecule has 3 amide bonds. The monoisotopic (exact) mass is 386 g/mol. The Morgan fingerprint density at radius 3 is 2.50 bits per heavy atom. The predicted molar refractivity (Wildman–Crippen MR) is 102 cm³/mol. The zero-order valence-electron chi connectivity index (χ0n) is 16.4. The summed E-state index contributed by atoms with van der Waals surface area (Å²) in [5, 5.41) is 14.1. The number of rotatable bonds is 5. The van der Waals surface area contributed by atoms with E-state index < -0.39 is 17.7 Å². The number of benzene rings is 1. The van der Waals surface area contributed by atoms with Crippen LogP contribution in [0.25, 0.3) is 0 Å². The van der Waals surface area contributed by atoms with Gasteiger partial charge in [-0.1, -0.05) is 12.1 Å². The zero-order chi connectivity index (χ0) is 20.7. The van der Waals surface area contributed by atoms with Crippen LogP contribution >= 0.6 is 0 Å². The molecule has 8 nitrogen and oxygen atoms in total. The van der Waals surface area contributed by atoms with Gasteiger partial charge in [-0.2, -0.15) is 5.26 Å². The predicted octanol–water partition coefficient (Wildman–Crippen LogP) is 1.69. The quantitative estimate of drug-likeness (QED) is 0.800. The highest BCUT2D eigenvalue weighted by Crippen LogP contribution is 2.18. The van der Waals surface area contributed by atoms with E-state index in [0.29, 0.717) is 25.1 Å². The standard InChI is InChI=1S/C20H26N4O4/c1-20(2,3)28-19(27)23-13-17(25)24-10-4-5-16(24)18(26)22-12-15-8-6-14(11-21)7-9-15/h6-9,16H,4-5,10,12-13H2,1-3H3,(H,22,26)(H,23,27)/t16-/m0/s1. The number of hydrogen-bond donors (Lipinski definition) is 2. The molecule has 1 fully saturated rings. The van der Waals surface area contributed by atoms with E-state index in [4.69, 9.17) is 10.00 Å². The van der Waals surface area contributed by atoms with Gasteiger partial charge in [0.15, 0.2) is 0 Å². The Morgan fingerprint density at radius 1 is 1.21 bits per heavy atom. The first-order chi connectivity index (χ1) is 13.2. The number of carbonyl (C=O) groups excluding carboxylic acids is 3. The topological polar surface area (TPSA) is 112 Å². The van der Waals surface area contributed by atoms with Crippen molar-refractivity contribution in [1.82, 2.24) is 15.5 Å². The maximum Gasteiger partial charge on any atom is 0.408 e. The molecule has 0 saturated carbocycles. The van der Waals surface area contributed by atoms with Crippen LogP contribution in [-0.2, 0) is 20.9 Å². The number of nitrogens with zero attached hydrogens (tertiary/aromatic N) is 2. The molecule has 1 aromatic carbocycles. The third-order valence-corrected chi connectivity index (χ3v) is 4.21. The van der Waals surface area contributed by atoms with E-state index in [2.05, 4.69) is 10.6 Å². The van der Waals surface area contributed by atoms with Crippen molar-refractivity contribution in [3.05, 3.63) is 35.4 Å². The summed E-state index contributed by atoms with van der Waals surface area (Å²) in [6.45, 7) is 5.80. The van der Waals surface area contributed by atoms with Gasteiger partial charge in [-0.25, -0.2) is 4.79 Å². The van der Waals surface area contributed by atoms with Crippen LogP contribution < -0.4 is 10.6 Å². The molecule has 0 aliphatic carbocycles. The fraction of sp³-hybridized carbons (Fsp3) is 0.500. The summed E-state index contributed by atoms with van der Waals surface area (Å²) in [4.78, 5) is 38.1. The molecule has 1 atom stereocenters. The summed E-state index contributed by atoms with van der Waals surface area (Å²) in [5.74, 6) is -0.547. The molecule has 1 saturated heterocycles. The summed E-state index contributed by atoms with van der Waals surface area (Å²) in [6, 6.07) is 8.43. The second-order valence-corrected chi connectivity index (χ2v) is 7.63. The Labute approximate surface area is 164 Å². The average Bonchev–Trinajstić information content (AvgIpc) is 3.13. The normalized spacial score (nSPS) is 16.2. The van der Waals surface area contributed by atoms with Gasteiger partial charge in [0.2, 0.25) is 11.8 Å². The molecule has 8 heteroatoms. The van der Waals surface area contributed by atoms with E-state index in [-0.39, 0.29) is 18.4 Å². The smallest absolute Gasteiger partial charge is 0.408 e. The number of hydrogen-bond acceptors (Lipinski definition) is 5. The zero-order valence-corrected chi connectivity index (χ0v) is 16.4. The summed E-state index contributed by atoms with van der Waals surface area (Å²) in [5.41, 5.74) is 0.782. The Morgan fingerprint density at radius 2 is 1.89 bits per heavy atom. The number of alkyl carbamates (subject to hydrolysis) is 1. The van der Waals surface area contributed by atoms with Crippen molar-refractivity contribution >= 4 is 17.9 Å². The van der Waals surface area contributed by atoms with Gasteiger partial charge in [0.05, 0.1) is 11.6 Å². The van der Waals surface area contributed by atoms with Crippen molar-refractivity contribution in [3.8, 4) is 6.07 Å².